The van der Waals surface area contributed by atoms with Crippen molar-refractivity contribution < 1.29 is 5.11 Å². The van der Waals surface area contributed by atoms with Crippen molar-refractivity contribution in [2.75, 3.05) is 6.54 Å². The molecule has 0 saturated heterocycles. The number of aromatic hydroxyl groups is 1. The van der Waals surface area contributed by atoms with E-state index in [1.165, 1.54) is 5.56 Å². The summed E-state index contributed by atoms with van der Waals surface area (Å²) in [5.74, 6) is 0.383. The third-order valence-electron chi connectivity index (χ3n) is 2.30. The molecule has 0 atom stereocenters. The van der Waals surface area contributed by atoms with Crippen LogP contribution in [0, 0.1) is 13.8 Å². The van der Waals surface area contributed by atoms with E-state index in [2.05, 4.69) is 0 Å². The zero-order valence-electron chi connectivity index (χ0n) is 8.30. The second kappa shape index (κ2) is 4.28. The predicted molar refractivity (Wildman–Crippen MR) is 55.0 cm³/mol. The molecule has 0 aliphatic heterocycles. The van der Waals surface area contributed by atoms with Crippen LogP contribution in [0.4, 0.5) is 0 Å². The molecule has 0 radical (unpaired) electrons. The van der Waals surface area contributed by atoms with Crippen molar-refractivity contribution in [1.82, 2.24) is 0 Å². The van der Waals surface area contributed by atoms with Crippen LogP contribution in [0.2, 0.25) is 0 Å². The third kappa shape index (κ3) is 2.46. The van der Waals surface area contributed by atoms with E-state index in [0.29, 0.717) is 5.75 Å². The maximum absolute atomic E-state index is 9.43. The van der Waals surface area contributed by atoms with Gasteiger partial charge in [-0.15, -0.1) is 0 Å². The Labute approximate surface area is 79.4 Å². The summed E-state index contributed by atoms with van der Waals surface area (Å²) < 4.78 is 0. The molecule has 1 rings (SSSR count). The number of nitrogens with two attached hydrogens (primary N) is 1. The molecule has 0 bridgehead atoms. The third-order valence-corrected chi connectivity index (χ3v) is 2.30. The van der Waals surface area contributed by atoms with Crippen LogP contribution in [0.3, 0.4) is 0 Å². The first-order chi connectivity index (χ1) is 6.15. The van der Waals surface area contributed by atoms with Crippen LogP contribution in [0.1, 0.15) is 23.1 Å². The Bertz CT molecular complexity index is 294. The Morgan fingerprint density at radius 2 is 1.92 bits per heavy atom. The van der Waals surface area contributed by atoms with E-state index < -0.39 is 0 Å². The summed E-state index contributed by atoms with van der Waals surface area (Å²) in [5, 5.41) is 9.43. The zero-order chi connectivity index (χ0) is 9.84. The van der Waals surface area contributed by atoms with E-state index in [1.807, 2.05) is 26.0 Å². The van der Waals surface area contributed by atoms with Crippen molar-refractivity contribution in [1.29, 1.82) is 0 Å². The molecule has 0 amide bonds. The van der Waals surface area contributed by atoms with Gasteiger partial charge in [0.15, 0.2) is 0 Å². The molecule has 0 spiro atoms. The SMILES string of the molecule is Cc1cc(CCCN)c(C)cc1O. The van der Waals surface area contributed by atoms with Gasteiger partial charge in [0.25, 0.3) is 0 Å². The highest BCUT2D eigenvalue weighted by Gasteiger charge is 2.02. The van der Waals surface area contributed by atoms with Gasteiger partial charge in [-0.2, -0.15) is 0 Å². The second-order valence-corrected chi connectivity index (χ2v) is 3.46. The molecule has 0 aliphatic carbocycles. The molecule has 1 aromatic rings. The smallest absolute Gasteiger partial charge is 0.118 e. The highest BCUT2D eigenvalue weighted by atomic mass is 16.3. The lowest BCUT2D eigenvalue weighted by Crippen LogP contribution is -2.01. The Morgan fingerprint density at radius 1 is 1.23 bits per heavy atom. The van der Waals surface area contributed by atoms with E-state index in [9.17, 15) is 5.11 Å². The Morgan fingerprint density at radius 3 is 2.54 bits per heavy atom. The maximum Gasteiger partial charge on any atom is 0.118 e. The fraction of sp³-hybridized carbons (Fsp3) is 0.455. The first-order valence-corrected chi connectivity index (χ1v) is 4.64. The van der Waals surface area contributed by atoms with Crippen molar-refractivity contribution in [2.24, 2.45) is 5.73 Å². The molecule has 0 unspecified atom stereocenters. The van der Waals surface area contributed by atoms with Crippen molar-refractivity contribution in [3.63, 3.8) is 0 Å². The van der Waals surface area contributed by atoms with Gasteiger partial charge in [0.05, 0.1) is 0 Å². The van der Waals surface area contributed by atoms with Gasteiger partial charge in [-0.25, -0.2) is 0 Å². The van der Waals surface area contributed by atoms with Crippen molar-refractivity contribution in [2.45, 2.75) is 26.7 Å². The van der Waals surface area contributed by atoms with Crippen LogP contribution in [0.5, 0.6) is 5.75 Å². The summed E-state index contributed by atoms with van der Waals surface area (Å²) in [5.41, 5.74) is 8.83. The summed E-state index contributed by atoms with van der Waals surface area (Å²) in [6.07, 6.45) is 2.01. The molecule has 0 heterocycles. The predicted octanol–water partition coefficient (Wildman–Crippen LogP) is 1.90. The highest BCUT2D eigenvalue weighted by Crippen LogP contribution is 2.21. The minimum Gasteiger partial charge on any atom is -0.508 e. The Balaban J connectivity index is 2.88. The number of hydrogen-bond donors (Lipinski definition) is 2. The van der Waals surface area contributed by atoms with E-state index in [-0.39, 0.29) is 0 Å². The van der Waals surface area contributed by atoms with E-state index in [4.69, 9.17) is 5.73 Å². The average molecular weight is 179 g/mol. The molecule has 0 saturated carbocycles. The maximum atomic E-state index is 9.43. The van der Waals surface area contributed by atoms with Gasteiger partial charge in [-0.1, -0.05) is 6.07 Å². The van der Waals surface area contributed by atoms with E-state index in [0.717, 1.165) is 30.5 Å². The molecule has 2 heteroatoms. The van der Waals surface area contributed by atoms with Crippen LogP contribution in [-0.4, -0.2) is 11.7 Å². The zero-order valence-corrected chi connectivity index (χ0v) is 8.30. The van der Waals surface area contributed by atoms with Crippen LogP contribution < -0.4 is 5.73 Å². The van der Waals surface area contributed by atoms with Crippen molar-refractivity contribution in [3.8, 4) is 5.75 Å². The minimum absolute atomic E-state index is 0.383. The lowest BCUT2D eigenvalue weighted by atomic mass is 10.0. The number of phenolic OH excluding ortho intramolecular Hbond substituents is 1. The molecular weight excluding hydrogens is 162 g/mol. The van der Waals surface area contributed by atoms with Crippen LogP contribution in [0.25, 0.3) is 0 Å². The number of hydrogen-bond acceptors (Lipinski definition) is 2. The first kappa shape index (κ1) is 10.1. The number of benzene rings is 1. The molecule has 2 nitrogen and oxygen atoms in total. The van der Waals surface area contributed by atoms with Gasteiger partial charge < -0.3 is 10.8 Å². The fourth-order valence-electron chi connectivity index (χ4n) is 1.42. The lowest BCUT2D eigenvalue weighted by molar-refractivity contribution is 0.470. The monoisotopic (exact) mass is 179 g/mol. The molecule has 0 aliphatic rings. The average Bonchev–Trinajstić information content (AvgIpc) is 2.09. The van der Waals surface area contributed by atoms with Gasteiger partial charge >= 0.3 is 0 Å². The second-order valence-electron chi connectivity index (χ2n) is 3.46. The van der Waals surface area contributed by atoms with E-state index in [1.54, 1.807) is 0 Å². The van der Waals surface area contributed by atoms with Crippen molar-refractivity contribution in [3.05, 3.63) is 28.8 Å². The van der Waals surface area contributed by atoms with Gasteiger partial charge in [-0.3, -0.25) is 0 Å². The summed E-state index contributed by atoms with van der Waals surface area (Å²) in [6.45, 7) is 4.66. The number of aryl methyl sites for hydroxylation is 3. The molecule has 72 valence electrons. The van der Waals surface area contributed by atoms with Gasteiger partial charge in [0, 0.05) is 0 Å². The molecule has 3 N–H and O–H groups in total. The van der Waals surface area contributed by atoms with Crippen LogP contribution >= 0.6 is 0 Å². The van der Waals surface area contributed by atoms with Gasteiger partial charge in [-0.05, 0) is 56.0 Å². The summed E-state index contributed by atoms with van der Waals surface area (Å²) in [6, 6.07) is 3.86. The van der Waals surface area contributed by atoms with Crippen LogP contribution in [0.15, 0.2) is 12.1 Å². The number of phenols is 1. The van der Waals surface area contributed by atoms with Crippen molar-refractivity contribution >= 4 is 0 Å². The normalized spacial score (nSPS) is 10.4. The molecule has 0 aromatic heterocycles. The minimum atomic E-state index is 0.383. The summed E-state index contributed by atoms with van der Waals surface area (Å²) >= 11 is 0. The summed E-state index contributed by atoms with van der Waals surface area (Å²) in [4.78, 5) is 0. The largest absolute Gasteiger partial charge is 0.508 e. The molecule has 1 aromatic carbocycles. The van der Waals surface area contributed by atoms with Gasteiger partial charge in [0.1, 0.15) is 5.75 Å². The quantitative estimate of drug-likeness (QED) is 0.744. The molecule has 0 fully saturated rings. The van der Waals surface area contributed by atoms with Gasteiger partial charge in [0.2, 0.25) is 0 Å². The molecular formula is C11H17NO. The lowest BCUT2D eigenvalue weighted by Gasteiger charge is -2.07. The Hall–Kier alpha value is -1.02. The number of rotatable bonds is 3. The standard InChI is InChI=1S/C11H17NO/c1-8-7-11(13)9(2)6-10(8)4-3-5-12/h6-7,13H,3-5,12H2,1-2H3. The van der Waals surface area contributed by atoms with E-state index >= 15 is 0 Å². The Kier molecular flexibility index (Phi) is 3.32. The fourth-order valence-corrected chi connectivity index (χ4v) is 1.42. The molecule has 13 heavy (non-hydrogen) atoms. The highest BCUT2D eigenvalue weighted by molar-refractivity contribution is 5.40. The summed E-state index contributed by atoms with van der Waals surface area (Å²) in [7, 11) is 0. The van der Waals surface area contributed by atoms with Crippen LogP contribution in [-0.2, 0) is 6.42 Å². The first-order valence-electron chi connectivity index (χ1n) is 4.64. The topological polar surface area (TPSA) is 46.2 Å².